The number of carbonyl (C=O) groups excluding carboxylic acids is 2. The number of hydrogen-bond acceptors (Lipinski definition) is 3. The first kappa shape index (κ1) is 15.3. The summed E-state index contributed by atoms with van der Waals surface area (Å²) in [6.45, 7) is 0. The standard InChI is InChI=1S/C20H22N2O2/c23-19-14-10-4-5-11-15(14)20(24)18-17(19)21-16(22-18)12-6-9-13-7-2-1-3-8-13/h4-5,10-11,13H,1-3,6-9,12H2,(H,21,22). The lowest BCUT2D eigenvalue weighted by Gasteiger charge is -2.20. The minimum absolute atomic E-state index is 0.119. The van der Waals surface area contributed by atoms with Gasteiger partial charge in [-0.1, -0.05) is 62.8 Å². The molecule has 0 atom stereocenters. The van der Waals surface area contributed by atoms with E-state index in [0.29, 0.717) is 22.5 Å². The van der Waals surface area contributed by atoms with Gasteiger partial charge in [0.25, 0.3) is 0 Å². The third kappa shape index (κ3) is 2.70. The highest BCUT2D eigenvalue weighted by Crippen LogP contribution is 2.29. The van der Waals surface area contributed by atoms with E-state index >= 15 is 0 Å². The summed E-state index contributed by atoms with van der Waals surface area (Å²) in [4.78, 5) is 32.7. The third-order valence-corrected chi connectivity index (χ3v) is 5.36. The van der Waals surface area contributed by atoms with Crippen LogP contribution in [0.1, 0.15) is 82.9 Å². The Bertz CT molecular complexity index is 732. The van der Waals surface area contributed by atoms with Crippen molar-refractivity contribution < 1.29 is 9.59 Å². The van der Waals surface area contributed by atoms with Crippen molar-refractivity contribution in [2.24, 2.45) is 5.92 Å². The first-order valence-corrected chi connectivity index (χ1v) is 9.01. The van der Waals surface area contributed by atoms with E-state index in [1.165, 1.54) is 38.5 Å². The number of H-pyrrole nitrogens is 1. The molecule has 0 spiro atoms. The molecular weight excluding hydrogens is 300 g/mol. The van der Waals surface area contributed by atoms with E-state index in [9.17, 15) is 9.59 Å². The second-order valence-electron chi connectivity index (χ2n) is 7.01. The van der Waals surface area contributed by atoms with Crippen LogP contribution in [-0.2, 0) is 6.42 Å². The Kier molecular flexibility index (Phi) is 4.05. The van der Waals surface area contributed by atoms with Crippen LogP contribution in [0, 0.1) is 5.92 Å². The summed E-state index contributed by atoms with van der Waals surface area (Å²) in [5.41, 5.74) is 1.61. The van der Waals surface area contributed by atoms with Crippen LogP contribution in [0.15, 0.2) is 24.3 Å². The van der Waals surface area contributed by atoms with Gasteiger partial charge in [0.1, 0.15) is 17.2 Å². The normalized spacial score (nSPS) is 17.7. The Morgan fingerprint density at radius 1 is 1.00 bits per heavy atom. The first-order valence-electron chi connectivity index (χ1n) is 9.01. The van der Waals surface area contributed by atoms with Crippen molar-refractivity contribution in [3.63, 3.8) is 0 Å². The molecule has 0 bridgehead atoms. The van der Waals surface area contributed by atoms with Crippen LogP contribution >= 0.6 is 0 Å². The zero-order chi connectivity index (χ0) is 16.5. The fraction of sp³-hybridized carbons (Fsp3) is 0.450. The zero-order valence-corrected chi connectivity index (χ0v) is 13.8. The van der Waals surface area contributed by atoms with Crippen molar-refractivity contribution in [2.75, 3.05) is 0 Å². The molecule has 1 aromatic carbocycles. The Balaban J connectivity index is 1.48. The second-order valence-corrected chi connectivity index (χ2v) is 7.01. The summed E-state index contributed by atoms with van der Waals surface area (Å²) in [6.07, 6.45) is 9.89. The molecule has 2 aromatic rings. The minimum atomic E-state index is -0.144. The number of imidazole rings is 1. The maximum atomic E-state index is 12.6. The lowest BCUT2D eigenvalue weighted by Crippen LogP contribution is -2.20. The van der Waals surface area contributed by atoms with Crippen molar-refractivity contribution in [3.8, 4) is 0 Å². The number of nitrogens with one attached hydrogen (secondary N) is 1. The van der Waals surface area contributed by atoms with E-state index in [1.54, 1.807) is 24.3 Å². The molecule has 2 aliphatic carbocycles. The Labute approximate surface area is 141 Å². The molecule has 1 aromatic heterocycles. The largest absolute Gasteiger partial charge is 0.339 e. The smallest absolute Gasteiger partial charge is 0.214 e. The molecule has 4 nitrogen and oxygen atoms in total. The molecule has 0 amide bonds. The van der Waals surface area contributed by atoms with E-state index in [0.717, 1.165) is 24.6 Å². The van der Waals surface area contributed by atoms with Gasteiger partial charge >= 0.3 is 0 Å². The van der Waals surface area contributed by atoms with E-state index in [4.69, 9.17) is 0 Å². The average molecular weight is 322 g/mol. The number of rotatable bonds is 4. The summed E-state index contributed by atoms with van der Waals surface area (Å²) < 4.78 is 0. The number of aromatic amines is 1. The maximum absolute atomic E-state index is 12.6. The first-order chi connectivity index (χ1) is 11.7. The van der Waals surface area contributed by atoms with Crippen molar-refractivity contribution in [1.29, 1.82) is 0 Å². The average Bonchev–Trinajstić information content (AvgIpc) is 3.05. The van der Waals surface area contributed by atoms with Crippen LogP contribution in [0.5, 0.6) is 0 Å². The molecule has 1 N–H and O–H groups in total. The van der Waals surface area contributed by atoms with Gasteiger partial charge in [-0.3, -0.25) is 9.59 Å². The summed E-state index contributed by atoms with van der Waals surface area (Å²) in [6, 6.07) is 6.99. The van der Waals surface area contributed by atoms with Crippen LogP contribution in [0.3, 0.4) is 0 Å². The lowest BCUT2D eigenvalue weighted by atomic mass is 9.86. The minimum Gasteiger partial charge on any atom is -0.339 e. The number of benzene rings is 1. The van der Waals surface area contributed by atoms with Gasteiger partial charge in [0.2, 0.25) is 11.6 Å². The Morgan fingerprint density at radius 2 is 1.71 bits per heavy atom. The third-order valence-electron chi connectivity index (χ3n) is 5.36. The highest BCUT2D eigenvalue weighted by molar-refractivity contribution is 6.27. The van der Waals surface area contributed by atoms with Gasteiger partial charge in [0.05, 0.1) is 0 Å². The molecule has 2 aliphatic rings. The lowest BCUT2D eigenvalue weighted by molar-refractivity contribution is 0.0974. The second kappa shape index (κ2) is 6.34. The number of hydrogen-bond donors (Lipinski definition) is 1. The van der Waals surface area contributed by atoms with Gasteiger partial charge in [-0.2, -0.15) is 0 Å². The van der Waals surface area contributed by atoms with E-state index in [-0.39, 0.29) is 11.6 Å². The van der Waals surface area contributed by atoms with Gasteiger partial charge in [-0.25, -0.2) is 4.98 Å². The molecule has 1 fully saturated rings. The Hall–Kier alpha value is -2.23. The highest BCUT2D eigenvalue weighted by Gasteiger charge is 2.32. The van der Waals surface area contributed by atoms with Crippen LogP contribution in [-0.4, -0.2) is 21.5 Å². The molecule has 124 valence electrons. The quantitative estimate of drug-likeness (QED) is 0.787. The predicted molar refractivity (Wildman–Crippen MR) is 91.4 cm³/mol. The molecule has 1 heterocycles. The van der Waals surface area contributed by atoms with E-state index in [2.05, 4.69) is 9.97 Å². The summed E-state index contributed by atoms with van der Waals surface area (Å²) in [7, 11) is 0. The molecule has 4 rings (SSSR count). The molecule has 1 saturated carbocycles. The summed E-state index contributed by atoms with van der Waals surface area (Å²) >= 11 is 0. The van der Waals surface area contributed by atoms with Gasteiger partial charge in [0.15, 0.2) is 0 Å². The maximum Gasteiger partial charge on any atom is 0.214 e. The van der Waals surface area contributed by atoms with E-state index < -0.39 is 0 Å². The molecule has 4 heteroatoms. The van der Waals surface area contributed by atoms with E-state index in [1.807, 2.05) is 0 Å². The number of fused-ring (bicyclic) bond motifs is 2. The summed E-state index contributed by atoms with van der Waals surface area (Å²) in [5.74, 6) is 1.35. The highest BCUT2D eigenvalue weighted by atomic mass is 16.1. The van der Waals surface area contributed by atoms with Crippen molar-refractivity contribution in [1.82, 2.24) is 9.97 Å². The van der Waals surface area contributed by atoms with Crippen molar-refractivity contribution in [2.45, 2.75) is 51.4 Å². The van der Waals surface area contributed by atoms with Crippen LogP contribution in [0.2, 0.25) is 0 Å². The fourth-order valence-corrected chi connectivity index (χ4v) is 4.04. The molecular formula is C20H22N2O2. The van der Waals surface area contributed by atoms with Crippen molar-refractivity contribution in [3.05, 3.63) is 52.6 Å². The molecule has 0 aliphatic heterocycles. The molecule has 0 saturated heterocycles. The van der Waals surface area contributed by atoms with Crippen LogP contribution in [0.4, 0.5) is 0 Å². The SMILES string of the molecule is O=C1c2ccccc2C(=O)c2[nH]c(CCCC3CCCCC3)nc21. The molecule has 0 unspecified atom stereocenters. The van der Waals surface area contributed by atoms with Gasteiger partial charge in [-0.15, -0.1) is 0 Å². The van der Waals surface area contributed by atoms with Crippen LogP contribution in [0.25, 0.3) is 0 Å². The van der Waals surface area contributed by atoms with Gasteiger partial charge in [-0.05, 0) is 12.3 Å². The molecule has 0 radical (unpaired) electrons. The number of aromatic nitrogens is 2. The van der Waals surface area contributed by atoms with Crippen molar-refractivity contribution >= 4 is 11.6 Å². The zero-order valence-electron chi connectivity index (χ0n) is 13.8. The number of ketones is 2. The van der Waals surface area contributed by atoms with Gasteiger partial charge in [0, 0.05) is 17.5 Å². The number of carbonyl (C=O) groups is 2. The van der Waals surface area contributed by atoms with Gasteiger partial charge < -0.3 is 4.98 Å². The fourth-order valence-electron chi connectivity index (χ4n) is 4.04. The Morgan fingerprint density at radius 3 is 2.46 bits per heavy atom. The molecule has 24 heavy (non-hydrogen) atoms. The predicted octanol–water partition coefficient (Wildman–Crippen LogP) is 4.09. The monoisotopic (exact) mass is 322 g/mol. The van der Waals surface area contributed by atoms with Crippen LogP contribution < -0.4 is 0 Å². The number of nitrogens with zero attached hydrogens (tertiary/aromatic N) is 1. The topological polar surface area (TPSA) is 62.8 Å². The summed E-state index contributed by atoms with van der Waals surface area (Å²) in [5, 5.41) is 0. The number of aryl methyl sites for hydroxylation is 1.